The Balaban J connectivity index is 1.83. The van der Waals surface area contributed by atoms with Crippen molar-refractivity contribution in [2.45, 2.75) is 76.2 Å². The molecule has 0 aromatic heterocycles. The number of nitrogens with two attached hydrogens (primary N) is 1. The number of carbonyl (C=O) groups excluding carboxylic acids is 2. The summed E-state index contributed by atoms with van der Waals surface area (Å²) in [4.78, 5) is 27.0. The number of carbonyl (C=O) groups is 2. The molecule has 0 aromatic carbocycles. The highest BCUT2D eigenvalue weighted by Crippen LogP contribution is 2.49. The Morgan fingerprint density at radius 3 is 1.85 bits per heavy atom. The van der Waals surface area contributed by atoms with Gasteiger partial charge in [-0.2, -0.15) is 0 Å². The van der Waals surface area contributed by atoms with Crippen LogP contribution in [0.3, 0.4) is 0 Å². The third kappa shape index (κ3) is 2.18. The Bertz CT molecular complexity index is 387. The van der Waals surface area contributed by atoms with Gasteiger partial charge in [0.2, 0.25) is 11.8 Å². The average Bonchev–Trinajstić information content (AvgIpc) is 2.86. The summed E-state index contributed by atoms with van der Waals surface area (Å²) < 4.78 is 0. The molecule has 0 atom stereocenters. The van der Waals surface area contributed by atoms with Crippen LogP contribution in [0.25, 0.3) is 0 Å². The minimum atomic E-state index is -0.368. The van der Waals surface area contributed by atoms with Crippen molar-refractivity contribution in [2.24, 2.45) is 11.1 Å². The summed E-state index contributed by atoms with van der Waals surface area (Å²) in [6.45, 7) is 0.428. The molecule has 1 spiro atoms. The third-order valence-electron chi connectivity index (χ3n) is 5.85. The van der Waals surface area contributed by atoms with Gasteiger partial charge in [-0.15, -0.1) is 0 Å². The molecule has 3 aliphatic rings. The van der Waals surface area contributed by atoms with Crippen molar-refractivity contribution >= 4 is 11.8 Å². The number of likely N-dealkylation sites (tertiary alicyclic amines) is 1. The largest absolute Gasteiger partial charge is 0.328 e. The lowest BCUT2D eigenvalue weighted by Gasteiger charge is -2.49. The Hall–Kier alpha value is -0.900. The zero-order chi connectivity index (χ0) is 14.2. The van der Waals surface area contributed by atoms with Crippen molar-refractivity contribution in [3.63, 3.8) is 0 Å². The third-order valence-corrected chi connectivity index (χ3v) is 5.85. The molecule has 0 unspecified atom stereocenters. The van der Waals surface area contributed by atoms with E-state index < -0.39 is 0 Å². The molecule has 1 heterocycles. The molecule has 4 nitrogen and oxygen atoms in total. The number of nitrogens with zero attached hydrogens (tertiary/aromatic N) is 1. The minimum absolute atomic E-state index is 0.00484. The smallest absolute Gasteiger partial charge is 0.230 e. The van der Waals surface area contributed by atoms with Crippen LogP contribution in [0.5, 0.6) is 0 Å². The molecule has 2 aliphatic carbocycles. The first-order valence-electron chi connectivity index (χ1n) is 8.17. The van der Waals surface area contributed by atoms with Crippen LogP contribution < -0.4 is 5.73 Å². The summed E-state index contributed by atoms with van der Waals surface area (Å²) in [6.07, 6.45) is 10.7. The van der Waals surface area contributed by atoms with Gasteiger partial charge in [0.05, 0.1) is 5.54 Å². The summed E-state index contributed by atoms with van der Waals surface area (Å²) in [5, 5.41) is 0. The second-order valence-corrected chi connectivity index (χ2v) is 7.17. The summed E-state index contributed by atoms with van der Waals surface area (Å²) in [7, 11) is 0. The van der Waals surface area contributed by atoms with Crippen molar-refractivity contribution in [1.29, 1.82) is 0 Å². The highest BCUT2D eigenvalue weighted by molar-refractivity contribution is 5.99. The fourth-order valence-corrected chi connectivity index (χ4v) is 4.74. The standard InChI is InChI=1S/C16H26N2O2/c17-12-16(8-2-1-3-9-16)18-13(19)10-15(11-14(18)20)6-4-5-7-15/h1-12,17H2. The quantitative estimate of drug-likeness (QED) is 0.789. The predicted octanol–water partition coefficient (Wildman–Crippen LogP) is 2.36. The molecule has 2 saturated carbocycles. The molecule has 1 saturated heterocycles. The van der Waals surface area contributed by atoms with Crippen LogP contribution in [0.1, 0.15) is 70.6 Å². The van der Waals surface area contributed by atoms with Gasteiger partial charge >= 0.3 is 0 Å². The monoisotopic (exact) mass is 278 g/mol. The fourth-order valence-electron chi connectivity index (χ4n) is 4.74. The lowest BCUT2D eigenvalue weighted by Crippen LogP contribution is -2.62. The SMILES string of the molecule is NCC1(N2C(=O)CC3(CCCC3)CC2=O)CCCCC1. The number of amides is 2. The molecule has 1 aliphatic heterocycles. The van der Waals surface area contributed by atoms with E-state index >= 15 is 0 Å². The molecule has 0 aromatic rings. The van der Waals surface area contributed by atoms with E-state index in [9.17, 15) is 9.59 Å². The van der Waals surface area contributed by atoms with Crippen molar-refractivity contribution in [2.75, 3.05) is 6.54 Å². The molecule has 2 amide bonds. The van der Waals surface area contributed by atoms with Gasteiger partial charge in [-0.1, -0.05) is 32.1 Å². The maximum atomic E-state index is 12.7. The van der Waals surface area contributed by atoms with Gasteiger partial charge in [-0.25, -0.2) is 0 Å². The zero-order valence-corrected chi connectivity index (χ0v) is 12.3. The van der Waals surface area contributed by atoms with E-state index in [1.54, 1.807) is 4.90 Å². The number of piperidine rings is 1. The van der Waals surface area contributed by atoms with E-state index in [1.807, 2.05) is 0 Å². The Kier molecular flexibility index (Phi) is 3.61. The summed E-state index contributed by atoms with van der Waals surface area (Å²) in [6, 6.07) is 0. The van der Waals surface area contributed by atoms with E-state index in [0.717, 1.165) is 38.5 Å². The van der Waals surface area contributed by atoms with Gasteiger partial charge in [-0.3, -0.25) is 14.5 Å². The van der Waals surface area contributed by atoms with Crippen LogP contribution in [-0.2, 0) is 9.59 Å². The van der Waals surface area contributed by atoms with E-state index in [4.69, 9.17) is 5.73 Å². The Labute approximate surface area is 121 Å². The highest BCUT2D eigenvalue weighted by Gasteiger charge is 2.51. The van der Waals surface area contributed by atoms with Gasteiger partial charge in [0.1, 0.15) is 0 Å². The lowest BCUT2D eigenvalue weighted by atomic mass is 9.72. The van der Waals surface area contributed by atoms with Crippen LogP contribution in [0, 0.1) is 5.41 Å². The molecule has 3 rings (SSSR count). The maximum Gasteiger partial charge on any atom is 0.230 e. The van der Waals surface area contributed by atoms with Crippen LogP contribution in [0.4, 0.5) is 0 Å². The first-order valence-corrected chi connectivity index (χ1v) is 8.17. The summed E-state index contributed by atoms with van der Waals surface area (Å²) >= 11 is 0. The molecule has 0 bridgehead atoms. The Morgan fingerprint density at radius 1 is 0.850 bits per heavy atom. The minimum Gasteiger partial charge on any atom is -0.328 e. The van der Waals surface area contributed by atoms with E-state index in [0.29, 0.717) is 19.4 Å². The number of hydrogen-bond acceptors (Lipinski definition) is 3. The van der Waals surface area contributed by atoms with E-state index in [-0.39, 0.29) is 22.8 Å². The molecule has 3 fully saturated rings. The van der Waals surface area contributed by atoms with Crippen LogP contribution >= 0.6 is 0 Å². The topological polar surface area (TPSA) is 63.4 Å². The van der Waals surface area contributed by atoms with Gasteiger partial charge in [0.25, 0.3) is 0 Å². The van der Waals surface area contributed by atoms with Gasteiger partial charge in [-0.05, 0) is 31.1 Å². The zero-order valence-electron chi connectivity index (χ0n) is 12.3. The van der Waals surface area contributed by atoms with Gasteiger partial charge in [0, 0.05) is 19.4 Å². The van der Waals surface area contributed by atoms with Crippen molar-refractivity contribution in [3.05, 3.63) is 0 Å². The van der Waals surface area contributed by atoms with E-state index in [1.165, 1.54) is 19.3 Å². The predicted molar refractivity (Wildman–Crippen MR) is 76.9 cm³/mol. The van der Waals surface area contributed by atoms with Crippen LogP contribution in [0.15, 0.2) is 0 Å². The highest BCUT2D eigenvalue weighted by atomic mass is 16.2. The maximum absolute atomic E-state index is 12.7. The molecule has 20 heavy (non-hydrogen) atoms. The number of hydrogen-bond donors (Lipinski definition) is 1. The normalized spacial score (nSPS) is 29.1. The van der Waals surface area contributed by atoms with Gasteiger partial charge < -0.3 is 5.73 Å². The van der Waals surface area contributed by atoms with Crippen LogP contribution in [-0.4, -0.2) is 28.8 Å². The molecular weight excluding hydrogens is 252 g/mol. The van der Waals surface area contributed by atoms with Crippen LogP contribution in [0.2, 0.25) is 0 Å². The van der Waals surface area contributed by atoms with E-state index in [2.05, 4.69) is 0 Å². The first kappa shape index (κ1) is 14.1. The molecule has 0 radical (unpaired) electrons. The summed E-state index contributed by atoms with van der Waals surface area (Å²) in [5.41, 5.74) is 5.62. The fraction of sp³-hybridized carbons (Fsp3) is 0.875. The van der Waals surface area contributed by atoms with Crippen molar-refractivity contribution < 1.29 is 9.59 Å². The van der Waals surface area contributed by atoms with Crippen molar-refractivity contribution in [3.8, 4) is 0 Å². The second kappa shape index (κ2) is 5.14. The number of imide groups is 1. The molecule has 4 heteroatoms. The lowest BCUT2D eigenvalue weighted by molar-refractivity contribution is -0.162. The first-order chi connectivity index (χ1) is 9.61. The molecular formula is C16H26N2O2. The molecule has 2 N–H and O–H groups in total. The van der Waals surface area contributed by atoms with Gasteiger partial charge in [0.15, 0.2) is 0 Å². The summed E-state index contributed by atoms with van der Waals surface area (Å²) in [5.74, 6) is 0.103. The van der Waals surface area contributed by atoms with Crippen molar-refractivity contribution in [1.82, 2.24) is 4.90 Å². The number of rotatable bonds is 2. The second-order valence-electron chi connectivity index (χ2n) is 7.17. The Morgan fingerprint density at radius 2 is 1.35 bits per heavy atom. The average molecular weight is 278 g/mol. The molecule has 112 valence electrons.